The van der Waals surface area contributed by atoms with Crippen LogP contribution in [0.25, 0.3) is 0 Å². The standard InChI is InChI=1S/C16H33O4P/c1-7-9-10-15(8-2)16(17)21(18,19-11-13(3)4)20-12-14(5)6/h13-15H,7-12H2,1-6H3. The lowest BCUT2D eigenvalue weighted by molar-refractivity contribution is -0.118. The molecule has 0 aliphatic rings. The van der Waals surface area contributed by atoms with E-state index in [0.717, 1.165) is 19.3 Å². The van der Waals surface area contributed by atoms with Gasteiger partial charge in [-0.25, -0.2) is 0 Å². The van der Waals surface area contributed by atoms with Gasteiger partial charge in [0.2, 0.25) is 5.52 Å². The van der Waals surface area contributed by atoms with E-state index in [2.05, 4.69) is 6.92 Å². The zero-order valence-electron chi connectivity index (χ0n) is 14.6. The van der Waals surface area contributed by atoms with E-state index in [0.29, 0.717) is 6.42 Å². The summed E-state index contributed by atoms with van der Waals surface area (Å²) >= 11 is 0. The molecular formula is C16H33O4P. The second-order valence-electron chi connectivity index (χ2n) is 6.46. The van der Waals surface area contributed by atoms with E-state index in [-0.39, 0.29) is 36.5 Å². The molecule has 0 bridgehead atoms. The van der Waals surface area contributed by atoms with Crippen LogP contribution in [0, 0.1) is 17.8 Å². The molecule has 0 radical (unpaired) electrons. The first-order valence-electron chi connectivity index (χ1n) is 8.20. The van der Waals surface area contributed by atoms with Crippen molar-refractivity contribution in [2.45, 2.75) is 67.2 Å². The molecule has 0 spiro atoms. The fourth-order valence-corrected chi connectivity index (χ4v) is 3.91. The van der Waals surface area contributed by atoms with Gasteiger partial charge in [0.05, 0.1) is 13.2 Å². The summed E-state index contributed by atoms with van der Waals surface area (Å²) in [6.07, 6.45) is 3.41. The van der Waals surface area contributed by atoms with E-state index < -0.39 is 7.60 Å². The maximum absolute atomic E-state index is 12.9. The SMILES string of the molecule is CCCCC(CC)C(=O)P(=O)(OCC(C)C)OCC(C)C. The minimum absolute atomic E-state index is 0.212. The number of unbranched alkanes of at least 4 members (excludes halogenated alkanes) is 1. The van der Waals surface area contributed by atoms with Gasteiger partial charge >= 0.3 is 7.60 Å². The van der Waals surface area contributed by atoms with Crippen LogP contribution in [0.4, 0.5) is 0 Å². The number of rotatable bonds is 12. The van der Waals surface area contributed by atoms with Crippen molar-refractivity contribution >= 4 is 13.1 Å². The highest BCUT2D eigenvalue weighted by Gasteiger charge is 2.39. The quantitative estimate of drug-likeness (QED) is 0.460. The number of hydrogen-bond donors (Lipinski definition) is 0. The Morgan fingerprint density at radius 3 is 1.81 bits per heavy atom. The Labute approximate surface area is 130 Å². The molecule has 126 valence electrons. The van der Waals surface area contributed by atoms with Crippen LogP contribution in [0.1, 0.15) is 67.2 Å². The predicted molar refractivity (Wildman–Crippen MR) is 87.5 cm³/mol. The molecule has 0 aliphatic carbocycles. The van der Waals surface area contributed by atoms with Crippen molar-refractivity contribution in [2.24, 2.45) is 17.8 Å². The first-order valence-corrected chi connectivity index (χ1v) is 9.74. The van der Waals surface area contributed by atoms with Crippen molar-refractivity contribution in [3.05, 3.63) is 0 Å². The third-order valence-corrected chi connectivity index (χ3v) is 5.06. The second kappa shape index (κ2) is 10.5. The summed E-state index contributed by atoms with van der Waals surface area (Å²) in [4.78, 5) is 12.6. The highest BCUT2D eigenvalue weighted by atomic mass is 31.2. The molecule has 0 aromatic rings. The van der Waals surface area contributed by atoms with E-state index in [1.807, 2.05) is 34.6 Å². The molecule has 1 unspecified atom stereocenters. The molecule has 0 fully saturated rings. The number of carbonyl (C=O) groups is 1. The van der Waals surface area contributed by atoms with Crippen LogP contribution < -0.4 is 0 Å². The summed E-state index contributed by atoms with van der Waals surface area (Å²) in [5.74, 6) is 0.198. The third-order valence-electron chi connectivity index (χ3n) is 3.17. The van der Waals surface area contributed by atoms with Gasteiger partial charge in [-0.2, -0.15) is 0 Å². The van der Waals surface area contributed by atoms with Gasteiger partial charge in [0, 0.05) is 5.92 Å². The van der Waals surface area contributed by atoms with Crippen molar-refractivity contribution in [1.29, 1.82) is 0 Å². The van der Waals surface area contributed by atoms with Crippen molar-refractivity contribution in [2.75, 3.05) is 13.2 Å². The molecule has 1 atom stereocenters. The lowest BCUT2D eigenvalue weighted by Crippen LogP contribution is -2.19. The minimum Gasteiger partial charge on any atom is -0.303 e. The molecule has 0 amide bonds. The molecule has 0 aliphatic heterocycles. The summed E-state index contributed by atoms with van der Waals surface area (Å²) < 4.78 is 23.8. The fourth-order valence-electron chi connectivity index (χ4n) is 1.84. The average molecular weight is 320 g/mol. The van der Waals surface area contributed by atoms with Gasteiger partial charge in [0.25, 0.3) is 0 Å². The summed E-state index contributed by atoms with van der Waals surface area (Å²) in [7, 11) is -3.67. The highest BCUT2D eigenvalue weighted by Crippen LogP contribution is 2.52. The lowest BCUT2D eigenvalue weighted by atomic mass is 10.0. The van der Waals surface area contributed by atoms with Gasteiger partial charge in [-0.15, -0.1) is 0 Å². The lowest BCUT2D eigenvalue weighted by Gasteiger charge is -2.23. The van der Waals surface area contributed by atoms with Gasteiger partial charge < -0.3 is 9.05 Å². The van der Waals surface area contributed by atoms with Crippen molar-refractivity contribution in [3.63, 3.8) is 0 Å². The molecular weight excluding hydrogens is 287 g/mol. The molecule has 5 heteroatoms. The van der Waals surface area contributed by atoms with E-state index in [1.54, 1.807) is 0 Å². The van der Waals surface area contributed by atoms with Gasteiger partial charge in [0.1, 0.15) is 0 Å². The van der Waals surface area contributed by atoms with Crippen LogP contribution in [0.15, 0.2) is 0 Å². The Morgan fingerprint density at radius 1 is 1.00 bits per heavy atom. The Balaban J connectivity index is 4.97. The smallest absolute Gasteiger partial charge is 0.303 e. The summed E-state index contributed by atoms with van der Waals surface area (Å²) in [5.41, 5.74) is -0.334. The molecule has 0 rings (SSSR count). The van der Waals surface area contributed by atoms with Gasteiger partial charge in [-0.1, -0.05) is 54.4 Å². The Hall–Kier alpha value is -0.180. The summed E-state index contributed by atoms with van der Waals surface area (Å²) in [5, 5.41) is 0. The van der Waals surface area contributed by atoms with Crippen LogP contribution in [-0.2, 0) is 18.4 Å². The average Bonchev–Trinajstić information content (AvgIpc) is 2.43. The van der Waals surface area contributed by atoms with Crippen LogP contribution in [0.5, 0.6) is 0 Å². The van der Waals surface area contributed by atoms with E-state index in [9.17, 15) is 9.36 Å². The van der Waals surface area contributed by atoms with Crippen LogP contribution in [0.3, 0.4) is 0 Å². The van der Waals surface area contributed by atoms with Crippen molar-refractivity contribution in [1.82, 2.24) is 0 Å². The summed E-state index contributed by atoms with van der Waals surface area (Å²) in [6.45, 7) is 12.5. The van der Waals surface area contributed by atoms with Crippen LogP contribution >= 0.6 is 7.60 Å². The van der Waals surface area contributed by atoms with Gasteiger partial charge in [-0.3, -0.25) is 9.36 Å². The topological polar surface area (TPSA) is 52.6 Å². The zero-order valence-corrected chi connectivity index (χ0v) is 15.4. The number of hydrogen-bond acceptors (Lipinski definition) is 4. The van der Waals surface area contributed by atoms with Gasteiger partial charge in [0.15, 0.2) is 0 Å². The van der Waals surface area contributed by atoms with E-state index in [1.165, 1.54) is 0 Å². The third kappa shape index (κ3) is 8.13. The molecule has 0 heterocycles. The second-order valence-corrected chi connectivity index (χ2v) is 8.41. The monoisotopic (exact) mass is 320 g/mol. The Morgan fingerprint density at radius 2 is 1.48 bits per heavy atom. The molecule has 0 aromatic carbocycles. The Bertz CT molecular complexity index is 323. The summed E-state index contributed by atoms with van der Waals surface area (Å²) in [6, 6.07) is 0. The highest BCUT2D eigenvalue weighted by molar-refractivity contribution is 7.71. The first kappa shape index (κ1) is 20.8. The predicted octanol–water partition coefficient (Wildman–Crippen LogP) is 5.27. The van der Waals surface area contributed by atoms with Crippen LogP contribution in [0.2, 0.25) is 0 Å². The fraction of sp³-hybridized carbons (Fsp3) is 0.938. The maximum atomic E-state index is 12.9. The largest absolute Gasteiger partial charge is 0.397 e. The molecule has 21 heavy (non-hydrogen) atoms. The van der Waals surface area contributed by atoms with Crippen LogP contribution in [-0.4, -0.2) is 18.7 Å². The van der Waals surface area contributed by atoms with E-state index in [4.69, 9.17) is 9.05 Å². The molecule has 0 aromatic heterocycles. The van der Waals surface area contributed by atoms with Crippen molar-refractivity contribution in [3.8, 4) is 0 Å². The minimum atomic E-state index is -3.67. The molecule has 4 nitrogen and oxygen atoms in total. The molecule has 0 saturated carbocycles. The van der Waals surface area contributed by atoms with E-state index >= 15 is 0 Å². The molecule has 0 saturated heterocycles. The van der Waals surface area contributed by atoms with Gasteiger partial charge in [-0.05, 0) is 24.7 Å². The molecule has 0 N–H and O–H groups in total. The number of carbonyl (C=O) groups excluding carboxylic acids is 1. The zero-order chi connectivity index (χ0) is 16.5. The Kier molecular flexibility index (Phi) is 10.4. The van der Waals surface area contributed by atoms with Crippen molar-refractivity contribution < 1.29 is 18.4 Å². The maximum Gasteiger partial charge on any atom is 0.397 e. The first-order chi connectivity index (χ1) is 9.76. The normalized spacial score (nSPS) is 13.9.